The van der Waals surface area contributed by atoms with Crippen LogP contribution in [-0.4, -0.2) is 17.4 Å². The quantitative estimate of drug-likeness (QED) is 0.872. The number of thioether (sulfide) groups is 1. The molecule has 0 aliphatic carbocycles. The second-order valence-electron chi connectivity index (χ2n) is 5.20. The number of hydrazine groups is 1. The van der Waals surface area contributed by atoms with Crippen molar-refractivity contribution >= 4 is 17.4 Å². The molecule has 4 heteroatoms. The summed E-state index contributed by atoms with van der Waals surface area (Å²) in [6.07, 6.45) is 1.01. The highest BCUT2D eigenvalue weighted by molar-refractivity contribution is 7.99. The van der Waals surface area contributed by atoms with Crippen molar-refractivity contribution in [1.82, 2.24) is 5.01 Å². The summed E-state index contributed by atoms with van der Waals surface area (Å²) in [4.78, 5) is 1.35. The second kappa shape index (κ2) is 4.81. The zero-order valence-electron chi connectivity index (χ0n) is 11.2. The first-order chi connectivity index (χ1) is 9.84. The largest absolute Gasteiger partial charge is 0.311 e. The summed E-state index contributed by atoms with van der Waals surface area (Å²) >= 11 is 1.88. The number of fused-ring (bicyclic) bond motifs is 2. The van der Waals surface area contributed by atoms with Crippen LogP contribution >= 0.6 is 11.8 Å². The van der Waals surface area contributed by atoms with Gasteiger partial charge in [0.15, 0.2) is 0 Å². The lowest BCUT2D eigenvalue weighted by Gasteiger charge is -2.41. The third-order valence-corrected chi connectivity index (χ3v) is 5.13. The van der Waals surface area contributed by atoms with E-state index in [-0.39, 0.29) is 6.17 Å². The molecule has 2 aliphatic rings. The van der Waals surface area contributed by atoms with Crippen molar-refractivity contribution in [3.8, 4) is 0 Å². The fraction of sp³-hybridized carbons (Fsp3) is 0.250. The van der Waals surface area contributed by atoms with Crippen molar-refractivity contribution < 1.29 is 0 Å². The first-order valence-corrected chi connectivity index (χ1v) is 7.92. The van der Waals surface area contributed by atoms with Crippen LogP contribution in [0.5, 0.6) is 0 Å². The van der Waals surface area contributed by atoms with E-state index in [4.69, 9.17) is 5.73 Å². The summed E-state index contributed by atoms with van der Waals surface area (Å²) in [5, 5.41) is 4.64. The zero-order valence-corrected chi connectivity index (χ0v) is 12.0. The number of rotatable bonds is 1. The number of benzene rings is 2. The molecule has 0 aromatic heterocycles. The average Bonchev–Trinajstić information content (AvgIpc) is 2.92. The van der Waals surface area contributed by atoms with Crippen molar-refractivity contribution in [2.24, 2.45) is 5.73 Å². The molecule has 4 rings (SSSR count). The molecule has 20 heavy (non-hydrogen) atoms. The fourth-order valence-electron chi connectivity index (χ4n) is 3.06. The maximum absolute atomic E-state index is 6.50. The standard InChI is InChI=1S/C16H17N3S/c17-16-13-6-2-1-5-12(13)9-10-18(16)19-11-20-15-8-4-3-7-14(15)19/h1-8,16H,9-11,17H2. The molecule has 0 saturated heterocycles. The lowest BCUT2D eigenvalue weighted by atomic mass is 9.98. The first kappa shape index (κ1) is 12.3. The second-order valence-corrected chi connectivity index (χ2v) is 6.18. The van der Waals surface area contributed by atoms with Gasteiger partial charge in [-0.15, -0.1) is 11.8 Å². The van der Waals surface area contributed by atoms with E-state index in [1.54, 1.807) is 0 Å². The lowest BCUT2D eigenvalue weighted by molar-refractivity contribution is 0.178. The molecule has 0 saturated carbocycles. The molecule has 0 radical (unpaired) electrons. The normalized spacial score (nSPS) is 21.6. The van der Waals surface area contributed by atoms with Gasteiger partial charge in [-0.3, -0.25) is 5.01 Å². The summed E-state index contributed by atoms with van der Waals surface area (Å²) in [5.41, 5.74) is 10.4. The Bertz CT molecular complexity index is 643. The molecule has 0 spiro atoms. The number of para-hydroxylation sites is 1. The minimum Gasteiger partial charge on any atom is -0.311 e. The van der Waals surface area contributed by atoms with E-state index in [1.165, 1.54) is 21.7 Å². The number of hydrogen-bond acceptors (Lipinski definition) is 4. The highest BCUT2D eigenvalue weighted by atomic mass is 32.2. The van der Waals surface area contributed by atoms with Gasteiger partial charge in [-0.1, -0.05) is 36.4 Å². The van der Waals surface area contributed by atoms with Crippen LogP contribution in [0.15, 0.2) is 53.4 Å². The van der Waals surface area contributed by atoms with Gasteiger partial charge in [-0.2, -0.15) is 5.01 Å². The van der Waals surface area contributed by atoms with Crippen molar-refractivity contribution in [2.75, 3.05) is 17.4 Å². The Morgan fingerprint density at radius 3 is 2.80 bits per heavy atom. The number of nitrogens with zero attached hydrogens (tertiary/aromatic N) is 2. The minimum atomic E-state index is -0.0493. The van der Waals surface area contributed by atoms with Crippen LogP contribution in [0.25, 0.3) is 0 Å². The predicted octanol–water partition coefficient (Wildman–Crippen LogP) is 2.99. The van der Waals surface area contributed by atoms with Crippen LogP contribution in [0.1, 0.15) is 17.3 Å². The Morgan fingerprint density at radius 1 is 1.05 bits per heavy atom. The first-order valence-electron chi connectivity index (χ1n) is 6.94. The molecular formula is C16H17N3S. The van der Waals surface area contributed by atoms with Crippen LogP contribution in [-0.2, 0) is 6.42 Å². The van der Waals surface area contributed by atoms with E-state index in [0.29, 0.717) is 0 Å². The average molecular weight is 283 g/mol. The number of nitrogens with two attached hydrogens (primary N) is 1. The van der Waals surface area contributed by atoms with Gasteiger partial charge in [0, 0.05) is 11.4 Å². The molecule has 3 nitrogen and oxygen atoms in total. The summed E-state index contributed by atoms with van der Waals surface area (Å²) in [6, 6.07) is 17.1. The van der Waals surface area contributed by atoms with Crippen molar-refractivity contribution in [1.29, 1.82) is 0 Å². The van der Waals surface area contributed by atoms with Gasteiger partial charge in [0.1, 0.15) is 6.17 Å². The van der Waals surface area contributed by atoms with Gasteiger partial charge in [0.25, 0.3) is 0 Å². The highest BCUT2D eigenvalue weighted by Gasteiger charge is 2.32. The molecule has 2 aromatic carbocycles. The van der Waals surface area contributed by atoms with Gasteiger partial charge in [0.05, 0.1) is 11.6 Å². The van der Waals surface area contributed by atoms with E-state index in [1.807, 2.05) is 11.8 Å². The molecule has 2 aromatic rings. The molecule has 0 bridgehead atoms. The van der Waals surface area contributed by atoms with Crippen LogP contribution < -0.4 is 10.7 Å². The highest BCUT2D eigenvalue weighted by Crippen LogP contribution is 2.41. The van der Waals surface area contributed by atoms with Crippen LogP contribution in [0.3, 0.4) is 0 Å². The van der Waals surface area contributed by atoms with Crippen molar-refractivity contribution in [3.63, 3.8) is 0 Å². The molecule has 0 amide bonds. The molecule has 0 fully saturated rings. The Morgan fingerprint density at radius 2 is 1.85 bits per heavy atom. The van der Waals surface area contributed by atoms with Crippen LogP contribution in [0.2, 0.25) is 0 Å². The third kappa shape index (κ3) is 1.84. The van der Waals surface area contributed by atoms with Crippen molar-refractivity contribution in [2.45, 2.75) is 17.5 Å². The van der Waals surface area contributed by atoms with Gasteiger partial charge < -0.3 is 5.73 Å². The predicted molar refractivity (Wildman–Crippen MR) is 83.4 cm³/mol. The Labute approximate surface area is 123 Å². The molecule has 2 N–H and O–H groups in total. The SMILES string of the molecule is NC1c2ccccc2CCN1N1CSc2ccccc21. The van der Waals surface area contributed by atoms with E-state index >= 15 is 0 Å². The zero-order chi connectivity index (χ0) is 13.5. The topological polar surface area (TPSA) is 32.5 Å². The fourth-order valence-corrected chi connectivity index (χ4v) is 4.11. The monoisotopic (exact) mass is 283 g/mol. The maximum Gasteiger partial charge on any atom is 0.102 e. The van der Waals surface area contributed by atoms with E-state index in [9.17, 15) is 0 Å². The molecule has 102 valence electrons. The van der Waals surface area contributed by atoms with E-state index < -0.39 is 0 Å². The molecule has 2 heterocycles. The van der Waals surface area contributed by atoms with Gasteiger partial charge in [-0.25, -0.2) is 0 Å². The van der Waals surface area contributed by atoms with E-state index in [2.05, 4.69) is 58.5 Å². The Balaban J connectivity index is 1.69. The van der Waals surface area contributed by atoms with Gasteiger partial charge in [-0.05, 0) is 29.7 Å². The Kier molecular flexibility index (Phi) is 2.95. The van der Waals surface area contributed by atoms with E-state index in [0.717, 1.165) is 18.8 Å². The third-order valence-electron chi connectivity index (χ3n) is 4.10. The molecular weight excluding hydrogens is 266 g/mol. The summed E-state index contributed by atoms with van der Waals surface area (Å²) in [5.74, 6) is 0.954. The van der Waals surface area contributed by atoms with Crippen LogP contribution in [0, 0.1) is 0 Å². The molecule has 2 aliphatic heterocycles. The smallest absolute Gasteiger partial charge is 0.102 e. The molecule has 1 unspecified atom stereocenters. The summed E-state index contributed by atoms with van der Waals surface area (Å²) in [7, 11) is 0. The minimum absolute atomic E-state index is 0.0493. The lowest BCUT2D eigenvalue weighted by Crippen LogP contribution is -2.50. The molecule has 1 atom stereocenters. The van der Waals surface area contributed by atoms with Gasteiger partial charge >= 0.3 is 0 Å². The number of anilines is 1. The summed E-state index contributed by atoms with van der Waals surface area (Å²) in [6.45, 7) is 0.979. The summed E-state index contributed by atoms with van der Waals surface area (Å²) < 4.78 is 0. The van der Waals surface area contributed by atoms with Crippen LogP contribution in [0.4, 0.5) is 5.69 Å². The number of hydrogen-bond donors (Lipinski definition) is 1. The Hall–Kier alpha value is -1.49. The van der Waals surface area contributed by atoms with Crippen molar-refractivity contribution in [3.05, 3.63) is 59.7 Å². The van der Waals surface area contributed by atoms with Gasteiger partial charge in [0.2, 0.25) is 0 Å². The maximum atomic E-state index is 6.50.